The molecule has 2 fully saturated rings. The highest BCUT2D eigenvalue weighted by Gasteiger charge is 2.54. The van der Waals surface area contributed by atoms with Crippen molar-refractivity contribution in [1.29, 1.82) is 0 Å². The number of ether oxygens (including phenoxy) is 12. The van der Waals surface area contributed by atoms with Crippen LogP contribution in [0.3, 0.4) is 0 Å². The monoisotopic (exact) mass is 994 g/mol. The Morgan fingerprint density at radius 1 is 0.500 bits per heavy atom. The van der Waals surface area contributed by atoms with Crippen LogP contribution in [-0.4, -0.2) is 169 Å². The summed E-state index contributed by atoms with van der Waals surface area (Å²) in [5.74, 6) is -7.80. The minimum atomic E-state index is -1.65. The molecule has 30 nitrogen and oxygen atoms in total. The van der Waals surface area contributed by atoms with Crippen LogP contribution in [0.1, 0.15) is 55.4 Å². The lowest BCUT2D eigenvalue weighted by molar-refractivity contribution is -0.247. The quantitative estimate of drug-likeness (QED) is 0.0742. The van der Waals surface area contributed by atoms with Gasteiger partial charge in [-0.15, -0.1) is 0 Å². The van der Waals surface area contributed by atoms with Crippen LogP contribution in [0.15, 0.2) is 19.6 Å². The van der Waals surface area contributed by atoms with E-state index in [9.17, 15) is 47.9 Å². The molecule has 0 radical (unpaired) electrons. The van der Waals surface area contributed by atoms with Crippen molar-refractivity contribution in [3.05, 3.63) is 20.7 Å². The van der Waals surface area contributed by atoms with Crippen LogP contribution in [-0.2, 0) is 85.7 Å². The number of hydrogen-bond donors (Lipinski definition) is 4. The van der Waals surface area contributed by atoms with Gasteiger partial charge in [0.15, 0.2) is 72.1 Å². The van der Waals surface area contributed by atoms with Gasteiger partial charge in [0.1, 0.15) is 25.4 Å². The molecule has 2 saturated heterocycles. The summed E-state index contributed by atoms with van der Waals surface area (Å²) in [6.45, 7) is 7.20. The molecule has 2 aliphatic heterocycles. The van der Waals surface area contributed by atoms with Crippen molar-refractivity contribution in [1.82, 2.24) is 19.9 Å². The maximum Gasteiger partial charge on any atom is 0.303 e. The molecule has 0 aromatic carbocycles. The molecule has 382 valence electrons. The highest BCUT2D eigenvalue weighted by molar-refractivity contribution is 6.17. The third-order valence-electron chi connectivity index (χ3n) is 9.15. The zero-order valence-electron chi connectivity index (χ0n) is 39.1. The Morgan fingerprint density at radius 3 is 1.09 bits per heavy atom. The molecule has 0 saturated carbocycles. The first-order chi connectivity index (χ1) is 33.0. The first-order valence-corrected chi connectivity index (χ1v) is 20.6. The van der Waals surface area contributed by atoms with E-state index in [1.165, 1.54) is 14.2 Å². The number of nitrogens with zero attached hydrogens (tertiary/aromatic N) is 4. The Balaban J connectivity index is 1.80. The summed E-state index contributed by atoms with van der Waals surface area (Å²) in [5.41, 5.74) is -2.98. The molecule has 0 spiro atoms. The number of H-pyrrole nitrogens is 2. The average Bonchev–Trinajstić information content (AvgIpc) is 3.25. The highest BCUT2D eigenvalue weighted by atomic mass is 16.7. The van der Waals surface area contributed by atoms with E-state index in [1.54, 1.807) is 0 Å². The summed E-state index contributed by atoms with van der Waals surface area (Å²) >= 11 is 0. The van der Waals surface area contributed by atoms with Crippen LogP contribution in [0.4, 0.5) is 23.0 Å². The average molecular weight is 995 g/mol. The van der Waals surface area contributed by atoms with Gasteiger partial charge < -0.3 is 67.5 Å². The number of carbonyl (C=O) groups excluding carboxylic acids is 8. The van der Waals surface area contributed by atoms with Crippen LogP contribution in [0, 0.1) is 0 Å². The van der Waals surface area contributed by atoms with E-state index in [2.05, 4.69) is 40.6 Å². The van der Waals surface area contributed by atoms with Crippen molar-refractivity contribution in [2.45, 2.75) is 117 Å². The van der Waals surface area contributed by atoms with Crippen molar-refractivity contribution < 1.29 is 95.2 Å². The van der Waals surface area contributed by atoms with Gasteiger partial charge in [-0.1, -0.05) is 0 Å². The predicted octanol–water partition coefficient (Wildman–Crippen LogP) is -1.03. The number of esters is 8. The summed E-state index contributed by atoms with van der Waals surface area (Å²) < 4.78 is 65.3. The first-order valence-electron chi connectivity index (χ1n) is 20.6. The van der Waals surface area contributed by atoms with Crippen LogP contribution >= 0.6 is 0 Å². The van der Waals surface area contributed by atoms with E-state index in [0.717, 1.165) is 67.8 Å². The normalized spacial score (nSPS) is 24.0. The molecule has 2 aromatic rings. The molecule has 10 atom stereocenters. The fourth-order valence-electron chi connectivity index (χ4n) is 6.70. The van der Waals surface area contributed by atoms with Gasteiger partial charge in [0.25, 0.3) is 23.1 Å². The van der Waals surface area contributed by atoms with Gasteiger partial charge in [-0.25, -0.2) is 9.98 Å². The van der Waals surface area contributed by atoms with Crippen molar-refractivity contribution in [2.75, 3.05) is 38.1 Å². The maximum atomic E-state index is 13.5. The highest BCUT2D eigenvalue weighted by Crippen LogP contribution is 2.33. The second-order valence-corrected chi connectivity index (χ2v) is 14.6. The summed E-state index contributed by atoms with van der Waals surface area (Å²) in [6, 6.07) is -0.751. The van der Waals surface area contributed by atoms with Crippen LogP contribution in [0.25, 0.3) is 0 Å². The number of nitrogens with one attached hydrogen (secondary N) is 4. The molecule has 0 aliphatic carbocycles. The number of rotatable bonds is 19. The molecule has 4 rings (SSSR count). The molecule has 4 heterocycles. The van der Waals surface area contributed by atoms with Crippen LogP contribution in [0.2, 0.25) is 0 Å². The number of aromatic nitrogens is 4. The van der Waals surface area contributed by atoms with Gasteiger partial charge >= 0.3 is 47.8 Å². The molecule has 4 N–H and O–H groups in total. The lowest BCUT2D eigenvalue weighted by atomic mass is 9.97. The smallest absolute Gasteiger partial charge is 0.303 e. The minimum absolute atomic E-state index is 0.375. The largest absolute Gasteiger partial charge is 0.468 e. The molecule has 30 heteroatoms. The van der Waals surface area contributed by atoms with Crippen molar-refractivity contribution in [3.8, 4) is 12.0 Å². The van der Waals surface area contributed by atoms with E-state index in [4.69, 9.17) is 56.8 Å². The second-order valence-electron chi connectivity index (χ2n) is 14.6. The molecule has 0 unspecified atom stereocenters. The number of hydrogen-bond acceptors (Lipinski definition) is 28. The Bertz CT molecular complexity index is 2310. The molecule has 0 amide bonds. The summed E-state index contributed by atoms with van der Waals surface area (Å²) in [7, 11) is 2.33. The Hall–Kier alpha value is -8.02. The fraction of sp³-hybridized carbons (Fsp3) is 0.550. The maximum absolute atomic E-state index is 13.5. The van der Waals surface area contributed by atoms with Gasteiger partial charge in [-0.2, -0.15) is 9.97 Å². The fourth-order valence-corrected chi connectivity index (χ4v) is 6.70. The Morgan fingerprint density at radius 2 is 0.800 bits per heavy atom. The Kier molecular flexibility index (Phi) is 19.4. The number of aromatic amines is 2. The van der Waals surface area contributed by atoms with E-state index >= 15 is 0 Å². The lowest BCUT2D eigenvalue weighted by Gasteiger charge is -2.44. The zero-order chi connectivity index (χ0) is 52.0. The third kappa shape index (κ3) is 15.2. The van der Waals surface area contributed by atoms with Crippen molar-refractivity contribution in [2.24, 2.45) is 9.98 Å². The number of anilines is 2. The van der Waals surface area contributed by atoms with Gasteiger partial charge in [-0.3, -0.25) is 57.9 Å². The molecule has 70 heavy (non-hydrogen) atoms. The zero-order valence-corrected chi connectivity index (χ0v) is 39.1. The SMILES string of the molecule is COc1nc(N[C@@H]2O[C@H](COC(C)=O)[C@H](OC(C)=O)[C@@H](OC(C)=O)[C@@H]2OC(C)=O)c(N=CC=Nc2c(N[C@@H]3O[C@H](COC(C)=O)[C@H](OC(C)=O)[C@H](OC(C)=O)[C@@H]3OC(C)=O)nc(OC)[nH]c2=O)c(=O)[nH]1. The molecule has 0 bridgehead atoms. The van der Waals surface area contributed by atoms with E-state index < -0.39 is 156 Å². The third-order valence-corrected chi connectivity index (χ3v) is 9.15. The standard InChI is InChI=1S/C40H50N8O22/c1-15(49)61-13-23-27(63-17(3)51)29(65-19(5)53)31(67-21(7)55)37(69-23)43-33-25(35(57)47-39(45-33)59-9)41-11-12-42-26-34(46-40(60-10)48-36(26)58)44-38-32(68-22(8)56)30(66-20(6)54)28(64-18(4)52)24(70-38)14-62-16(2)50/h11-12,23-24,27-32,37-38H,13-14H2,1-10H3,(H2,43,45,47,57)(H2,44,46,48,58)/t23-,24-,27+,28+,29-,30+,31+,32+,37-,38-/m1/s1. The predicted molar refractivity (Wildman–Crippen MR) is 230 cm³/mol. The van der Waals surface area contributed by atoms with Gasteiger partial charge in [0.05, 0.1) is 14.2 Å². The van der Waals surface area contributed by atoms with Crippen molar-refractivity contribution in [3.63, 3.8) is 0 Å². The van der Waals surface area contributed by atoms with Gasteiger partial charge in [0, 0.05) is 67.8 Å². The number of aliphatic imine (C=N–C) groups is 2. The summed E-state index contributed by atoms with van der Waals surface area (Å²) in [4.78, 5) is 146. The van der Waals surface area contributed by atoms with Gasteiger partial charge in [0.2, 0.25) is 0 Å². The summed E-state index contributed by atoms with van der Waals surface area (Å²) in [5, 5.41) is 5.50. The number of carbonyl (C=O) groups is 8. The van der Waals surface area contributed by atoms with Crippen LogP contribution in [0.5, 0.6) is 12.0 Å². The van der Waals surface area contributed by atoms with E-state index in [1.807, 2.05) is 0 Å². The summed E-state index contributed by atoms with van der Waals surface area (Å²) in [6.07, 6.45) is -13.7. The van der Waals surface area contributed by atoms with Crippen LogP contribution < -0.4 is 31.2 Å². The minimum Gasteiger partial charge on any atom is -0.468 e. The topological polar surface area (TPSA) is 388 Å². The Labute approximate surface area is 395 Å². The molecular formula is C40H50N8O22. The van der Waals surface area contributed by atoms with E-state index in [-0.39, 0.29) is 12.0 Å². The lowest BCUT2D eigenvalue weighted by Crippen LogP contribution is -2.64. The molecular weight excluding hydrogens is 944 g/mol. The molecule has 2 aromatic heterocycles. The van der Waals surface area contributed by atoms with Crippen molar-refractivity contribution >= 4 is 83.2 Å². The van der Waals surface area contributed by atoms with E-state index in [0.29, 0.717) is 0 Å². The second kappa shape index (κ2) is 24.8. The number of methoxy groups -OCH3 is 2. The molecule has 2 aliphatic rings. The first kappa shape index (κ1) is 54.6. The van der Waals surface area contributed by atoms with Gasteiger partial charge in [-0.05, 0) is 0 Å².